The van der Waals surface area contributed by atoms with Crippen LogP contribution in [-0.2, 0) is 100 Å². The van der Waals surface area contributed by atoms with E-state index in [1.54, 1.807) is 0 Å². The van der Waals surface area contributed by atoms with Crippen LogP contribution in [0, 0.1) is 0 Å². The molecule has 17 heteroatoms. The van der Waals surface area contributed by atoms with Crippen molar-refractivity contribution in [3.05, 3.63) is 0 Å². The molecule has 0 atom stereocenters. The number of hydrogen-bond acceptors (Lipinski definition) is 5. The average molecular weight is 568 g/mol. The molecule has 1 aliphatic heterocycles. The molecule has 1 saturated heterocycles. The largest absolute Gasteiger partial charge is 3.00 e. The summed E-state index contributed by atoms with van der Waals surface area (Å²) in [5.41, 5.74) is 0. The van der Waals surface area contributed by atoms with Gasteiger partial charge in [0.15, 0.2) is 0 Å². The van der Waals surface area contributed by atoms with Crippen LogP contribution < -0.4 is 37.2 Å². The van der Waals surface area contributed by atoms with E-state index in [4.69, 9.17) is 23.7 Å². The average Bonchev–Trinajstić information content (AvgIpc) is 2.27. The Balaban J connectivity index is -0.0000000187. The molecule has 24 N–H and O–H groups in total. The van der Waals surface area contributed by atoms with Gasteiger partial charge in [0.2, 0.25) is 0 Å². The molecule has 13 nitrogen and oxygen atoms in total. The van der Waals surface area contributed by atoms with Gasteiger partial charge in [0.1, 0.15) is 0 Å². The van der Waals surface area contributed by atoms with Crippen molar-refractivity contribution >= 4 is 0 Å². The Bertz CT molecular complexity index is 101. The van der Waals surface area contributed by atoms with E-state index in [9.17, 15) is 0 Å². The van der Waals surface area contributed by atoms with Gasteiger partial charge in [0.05, 0.1) is 66.1 Å². The van der Waals surface area contributed by atoms with Crippen LogP contribution in [0.1, 0.15) is 0 Å². The summed E-state index contributed by atoms with van der Waals surface area (Å²) in [5.74, 6) is 0. The zero-order valence-corrected chi connectivity index (χ0v) is 20.5. The van der Waals surface area contributed by atoms with Crippen LogP contribution in [-0.4, -0.2) is 66.1 Å². The molecular weight excluding hydrogens is 523 g/mol. The molecule has 0 aromatic carbocycles. The van der Waals surface area contributed by atoms with Gasteiger partial charge in [0.25, 0.3) is 0 Å². The molecule has 1 rings (SSSR count). The molecule has 0 aromatic rings. The van der Waals surface area contributed by atoms with Crippen molar-refractivity contribution in [1.82, 2.24) is 0 Å². The van der Waals surface area contributed by atoms with Crippen LogP contribution in [0.15, 0.2) is 0 Å². The van der Waals surface area contributed by atoms with E-state index < -0.39 is 0 Å². The van der Waals surface area contributed by atoms with Crippen molar-refractivity contribution in [2.24, 2.45) is 0 Å². The second kappa shape index (κ2) is 71.0. The first kappa shape index (κ1) is 79.2. The quantitative estimate of drug-likeness (QED) is 0.256. The van der Waals surface area contributed by atoms with Crippen LogP contribution in [0.2, 0.25) is 0 Å². The van der Waals surface area contributed by atoms with Gasteiger partial charge in [-0.2, -0.15) is 0 Å². The number of ether oxygens (including phenoxy) is 5. The van der Waals surface area contributed by atoms with Crippen molar-refractivity contribution in [2.75, 3.05) is 66.1 Å². The van der Waals surface area contributed by atoms with Gasteiger partial charge in [-0.25, -0.2) is 0 Å². The third-order valence-electron chi connectivity index (χ3n) is 1.86. The summed E-state index contributed by atoms with van der Waals surface area (Å²) >= 11 is 0. The molecule has 1 aliphatic rings. The third-order valence-corrected chi connectivity index (χ3v) is 1.86. The topological polar surface area (TPSA) is 310 Å². The Morgan fingerprint density at radius 2 is 0.333 bits per heavy atom. The van der Waals surface area contributed by atoms with E-state index in [-0.39, 0.29) is 114 Å². The molecule has 0 unspecified atom stereocenters. The van der Waals surface area contributed by atoms with Crippen molar-refractivity contribution in [1.29, 1.82) is 0 Å². The molecule has 0 aliphatic carbocycles. The van der Waals surface area contributed by atoms with Gasteiger partial charge in [0, 0.05) is 0 Å². The minimum Gasteiger partial charge on any atom is -1.00 e. The summed E-state index contributed by atoms with van der Waals surface area (Å²) in [5, 5.41) is 0. The molecule has 0 aromatic heterocycles. The Morgan fingerprint density at radius 1 is 0.259 bits per heavy atom. The molecule has 1 heterocycles. The third kappa shape index (κ3) is 65.7. The maximum absolute atomic E-state index is 5.28. The molecule has 0 bridgehead atoms. The van der Waals surface area contributed by atoms with Gasteiger partial charge in [-0.1, -0.05) is 0 Å². The summed E-state index contributed by atoms with van der Waals surface area (Å²) in [7, 11) is 0. The van der Waals surface area contributed by atoms with E-state index in [2.05, 4.69) is 0 Å². The summed E-state index contributed by atoms with van der Waals surface area (Å²) in [6.07, 6.45) is 0. The van der Waals surface area contributed by atoms with E-state index >= 15 is 0 Å². The fraction of sp³-hybridized carbons (Fsp3) is 1.00. The van der Waals surface area contributed by atoms with Crippen molar-refractivity contribution < 1.29 is 137 Å². The first-order valence-corrected chi connectivity index (χ1v) is 5.39. The summed E-state index contributed by atoms with van der Waals surface area (Å²) < 4.78 is 26.4. The van der Waals surface area contributed by atoms with Crippen molar-refractivity contribution in [3.8, 4) is 0 Å². The van der Waals surface area contributed by atoms with E-state index in [0.29, 0.717) is 66.1 Å². The van der Waals surface area contributed by atoms with Crippen molar-refractivity contribution in [3.63, 3.8) is 0 Å². The van der Waals surface area contributed by atoms with Gasteiger partial charge in [-0.15, -0.1) is 0 Å². The van der Waals surface area contributed by atoms with Gasteiger partial charge in [-0.05, 0) is 0 Å². The molecule has 178 valence electrons. The Morgan fingerprint density at radius 3 is 0.407 bits per heavy atom. The van der Waals surface area contributed by atoms with Crippen LogP contribution in [0.3, 0.4) is 0 Å². The molecular formula is C10H44Cl3O13Y+8. The molecule has 0 amide bonds. The summed E-state index contributed by atoms with van der Waals surface area (Å²) in [6, 6.07) is 0. The normalized spacial score (nSPS) is 13.3. The number of hydrogen-bond donors (Lipinski definition) is 0. The second-order valence-electron chi connectivity index (χ2n) is 3.06. The molecule has 1 fully saturated rings. The fourth-order valence-electron chi connectivity index (χ4n) is 1.10. The Labute approximate surface area is 202 Å². The van der Waals surface area contributed by atoms with E-state index in [1.165, 1.54) is 0 Å². The zero-order valence-electron chi connectivity index (χ0n) is 15.4. The van der Waals surface area contributed by atoms with E-state index in [0.717, 1.165) is 0 Å². The SMILES string of the molecule is C1COCCOCCOCCOCCO1.[Cl-].[Cl-].[Cl-].[OH3+].[OH3+].[OH3+].[OH3+].[OH3+].[OH3+].[OH3+].[OH3+].[Y+3]. The molecule has 0 saturated carbocycles. The van der Waals surface area contributed by atoms with Crippen LogP contribution >= 0.6 is 0 Å². The monoisotopic (exact) mass is 566 g/mol. The fourth-order valence-corrected chi connectivity index (χ4v) is 1.10. The zero-order chi connectivity index (χ0) is 10.6. The minimum absolute atomic E-state index is 0. The predicted octanol–water partition coefficient (Wildman–Crippen LogP) is -16.3. The summed E-state index contributed by atoms with van der Waals surface area (Å²) in [4.78, 5) is 0. The van der Waals surface area contributed by atoms with Gasteiger partial charge >= 0.3 is 32.7 Å². The van der Waals surface area contributed by atoms with Crippen molar-refractivity contribution in [2.45, 2.75) is 0 Å². The predicted molar refractivity (Wildman–Crippen MR) is 93.1 cm³/mol. The Hall–Kier alpha value is 1.45. The summed E-state index contributed by atoms with van der Waals surface area (Å²) in [6.45, 7) is 6.11. The molecule has 0 radical (unpaired) electrons. The van der Waals surface area contributed by atoms with Crippen LogP contribution in [0.25, 0.3) is 0 Å². The van der Waals surface area contributed by atoms with Gasteiger partial charge in [-0.3, -0.25) is 0 Å². The second-order valence-corrected chi connectivity index (χ2v) is 3.06. The maximum Gasteiger partial charge on any atom is 3.00 e. The molecule has 0 spiro atoms. The van der Waals surface area contributed by atoms with E-state index in [1.807, 2.05) is 0 Å². The Kier molecular flexibility index (Phi) is 208. The standard InChI is InChI=1S/C10H20O5.3ClH.8H2O.Y/c1-2-12-5-6-14-9-10-15-8-7-13-4-3-11-1;;;;;;;;;;;;/h1-10H2;3*1H;8*1H2;/q;;;;;;;;;;;;+3/p+5. The van der Waals surface area contributed by atoms with Crippen LogP contribution in [0.4, 0.5) is 0 Å². The molecule has 27 heavy (non-hydrogen) atoms. The number of rotatable bonds is 0. The van der Waals surface area contributed by atoms with Gasteiger partial charge < -0.3 is 105 Å². The first-order valence-electron chi connectivity index (χ1n) is 5.39. The minimum atomic E-state index is 0. The first-order chi connectivity index (χ1) is 7.50. The number of halogens is 3. The maximum atomic E-state index is 5.28. The smallest absolute Gasteiger partial charge is 1.00 e. The van der Waals surface area contributed by atoms with Crippen LogP contribution in [0.5, 0.6) is 0 Å².